The highest BCUT2D eigenvalue weighted by atomic mass is 32.2. The van der Waals surface area contributed by atoms with Crippen molar-refractivity contribution in [2.45, 2.75) is 24.2 Å². The van der Waals surface area contributed by atoms with Gasteiger partial charge in [-0.15, -0.1) is 0 Å². The third-order valence-corrected chi connectivity index (χ3v) is 6.96. The molecule has 2 aromatic rings. The molecule has 0 unspecified atom stereocenters. The van der Waals surface area contributed by atoms with E-state index in [-0.39, 0.29) is 10.5 Å². The summed E-state index contributed by atoms with van der Waals surface area (Å²) in [4.78, 5) is 13.9. The van der Waals surface area contributed by atoms with Crippen LogP contribution in [0.1, 0.15) is 19.3 Å². The van der Waals surface area contributed by atoms with E-state index in [9.17, 15) is 13.2 Å². The number of nitrogens with zero attached hydrogens (tertiary/aromatic N) is 1. The van der Waals surface area contributed by atoms with Gasteiger partial charge in [-0.2, -0.15) is 4.31 Å². The average molecular weight is 360 g/mol. The number of aromatic nitrogens is 1. The zero-order valence-electron chi connectivity index (χ0n) is 13.7. The molecule has 1 aliphatic carbocycles. The van der Waals surface area contributed by atoms with Gasteiger partial charge in [-0.1, -0.05) is 24.3 Å². The highest BCUT2D eigenvalue weighted by Gasteiger charge is 2.31. The Balaban J connectivity index is 1.52. The fourth-order valence-electron chi connectivity index (χ4n) is 3.66. The monoisotopic (exact) mass is 360 g/mol. The first-order chi connectivity index (χ1) is 12.0. The summed E-state index contributed by atoms with van der Waals surface area (Å²) in [5.74, 6) is 0.326. The van der Waals surface area contributed by atoms with E-state index in [0.29, 0.717) is 30.4 Å². The highest BCUT2D eigenvalue weighted by molar-refractivity contribution is 7.89. The van der Waals surface area contributed by atoms with Crippen LogP contribution in [-0.2, 0) is 10.0 Å². The molecule has 1 saturated heterocycles. The van der Waals surface area contributed by atoms with Gasteiger partial charge in [0.25, 0.3) is 0 Å². The molecule has 0 bridgehead atoms. The Morgan fingerprint density at radius 1 is 1.12 bits per heavy atom. The van der Waals surface area contributed by atoms with Crippen molar-refractivity contribution in [2.24, 2.45) is 11.8 Å². The predicted octanol–water partition coefficient (Wildman–Crippen LogP) is 2.65. The second-order valence-corrected chi connectivity index (χ2v) is 8.52. The third-order valence-electron chi connectivity index (χ3n) is 5.06. The lowest BCUT2D eigenvalue weighted by atomic mass is 9.83. The molecule has 4 rings (SSSR count). The summed E-state index contributed by atoms with van der Waals surface area (Å²) >= 11 is 0. The maximum absolute atomic E-state index is 12.9. The number of oxazole rings is 1. The van der Waals surface area contributed by atoms with Gasteiger partial charge in [0.05, 0.1) is 10.4 Å². The largest absolute Gasteiger partial charge is 0.417 e. The summed E-state index contributed by atoms with van der Waals surface area (Å²) in [6.07, 6.45) is 11.5. The lowest BCUT2D eigenvalue weighted by Gasteiger charge is -2.34. The smallest absolute Gasteiger partial charge is 0.408 e. The number of rotatable bonds is 3. The van der Waals surface area contributed by atoms with Crippen molar-refractivity contribution in [1.29, 1.82) is 0 Å². The molecule has 0 atom stereocenters. The Morgan fingerprint density at radius 3 is 2.56 bits per heavy atom. The number of H-pyrrole nitrogens is 1. The third kappa shape index (κ3) is 3.09. The number of aromatic amines is 1. The van der Waals surface area contributed by atoms with E-state index >= 15 is 0 Å². The lowest BCUT2D eigenvalue weighted by molar-refractivity contribution is 0.250. The van der Waals surface area contributed by atoms with Crippen LogP contribution >= 0.6 is 0 Å². The second-order valence-electron chi connectivity index (χ2n) is 6.58. The first-order valence-corrected chi connectivity index (χ1v) is 9.94. The van der Waals surface area contributed by atoms with E-state index in [0.717, 1.165) is 19.3 Å². The summed E-state index contributed by atoms with van der Waals surface area (Å²) in [5.41, 5.74) is 0.761. The van der Waals surface area contributed by atoms with Gasteiger partial charge in [-0.3, -0.25) is 4.98 Å². The van der Waals surface area contributed by atoms with Gasteiger partial charge in [0.15, 0.2) is 5.58 Å². The Labute approximate surface area is 145 Å². The van der Waals surface area contributed by atoms with Crippen molar-refractivity contribution in [3.63, 3.8) is 0 Å². The molecular weight excluding hydrogens is 340 g/mol. The highest BCUT2D eigenvalue weighted by Crippen LogP contribution is 2.31. The molecule has 1 fully saturated rings. The lowest BCUT2D eigenvalue weighted by Crippen LogP contribution is -2.39. The first-order valence-electron chi connectivity index (χ1n) is 8.50. The molecule has 2 heterocycles. The number of piperidine rings is 1. The van der Waals surface area contributed by atoms with E-state index in [2.05, 4.69) is 29.3 Å². The van der Waals surface area contributed by atoms with Crippen LogP contribution in [0.4, 0.5) is 0 Å². The van der Waals surface area contributed by atoms with Crippen molar-refractivity contribution in [2.75, 3.05) is 13.1 Å². The first kappa shape index (κ1) is 16.4. The maximum Gasteiger partial charge on any atom is 0.417 e. The van der Waals surface area contributed by atoms with Gasteiger partial charge in [0, 0.05) is 19.2 Å². The van der Waals surface area contributed by atoms with Crippen molar-refractivity contribution >= 4 is 21.1 Å². The Kier molecular flexibility index (Phi) is 4.13. The van der Waals surface area contributed by atoms with Crippen molar-refractivity contribution < 1.29 is 12.8 Å². The molecule has 1 aromatic heterocycles. The van der Waals surface area contributed by atoms with E-state index in [4.69, 9.17) is 4.42 Å². The van der Waals surface area contributed by atoms with Crippen LogP contribution < -0.4 is 5.76 Å². The normalized spacial score (nSPS) is 20.5. The SMILES string of the molecule is O=c1[nH]c2ccc(S(=O)(=O)N3CCC(C4C=CCC=C4)CC3)cc2o1. The molecular formula is C18H20N2O4S. The molecule has 0 spiro atoms. The van der Waals surface area contributed by atoms with E-state index in [1.54, 1.807) is 6.07 Å². The number of hydrogen-bond donors (Lipinski definition) is 1. The minimum atomic E-state index is -3.58. The molecule has 25 heavy (non-hydrogen) atoms. The predicted molar refractivity (Wildman–Crippen MR) is 94.7 cm³/mol. The van der Waals surface area contributed by atoms with E-state index < -0.39 is 15.8 Å². The number of nitrogens with one attached hydrogen (secondary N) is 1. The van der Waals surface area contributed by atoms with Gasteiger partial charge in [-0.05, 0) is 43.2 Å². The van der Waals surface area contributed by atoms with Gasteiger partial charge in [-0.25, -0.2) is 13.2 Å². The van der Waals surface area contributed by atoms with E-state index in [1.165, 1.54) is 16.4 Å². The van der Waals surface area contributed by atoms with Crippen molar-refractivity contribution in [3.8, 4) is 0 Å². The zero-order valence-corrected chi connectivity index (χ0v) is 14.5. The fourth-order valence-corrected chi connectivity index (χ4v) is 5.15. The molecule has 0 amide bonds. The minimum absolute atomic E-state index is 0.165. The van der Waals surface area contributed by atoms with Crippen LogP contribution in [0.3, 0.4) is 0 Å². The van der Waals surface area contributed by atoms with Crippen LogP contribution in [0.15, 0.2) is 56.6 Å². The van der Waals surface area contributed by atoms with Gasteiger partial charge in [0.1, 0.15) is 0 Å². The molecule has 0 radical (unpaired) electrons. The maximum atomic E-state index is 12.9. The van der Waals surface area contributed by atoms with Crippen LogP contribution in [0.2, 0.25) is 0 Å². The summed E-state index contributed by atoms with van der Waals surface area (Å²) in [5, 5.41) is 0. The number of sulfonamides is 1. The van der Waals surface area contributed by atoms with Crippen LogP contribution in [0, 0.1) is 11.8 Å². The molecule has 2 aliphatic rings. The summed E-state index contributed by atoms with van der Waals surface area (Å²) in [6, 6.07) is 4.50. The van der Waals surface area contributed by atoms with Gasteiger partial charge in [0.2, 0.25) is 10.0 Å². The average Bonchev–Trinajstić information content (AvgIpc) is 3.02. The molecule has 6 nitrogen and oxygen atoms in total. The molecule has 132 valence electrons. The van der Waals surface area contributed by atoms with Crippen molar-refractivity contribution in [3.05, 3.63) is 53.1 Å². The fraction of sp³-hybridized carbons (Fsp3) is 0.389. The number of hydrogen-bond acceptors (Lipinski definition) is 4. The molecule has 1 aromatic carbocycles. The quantitative estimate of drug-likeness (QED) is 0.853. The minimum Gasteiger partial charge on any atom is -0.408 e. The summed E-state index contributed by atoms with van der Waals surface area (Å²) < 4.78 is 32.3. The molecule has 7 heteroatoms. The Hall–Kier alpha value is -2.12. The Morgan fingerprint density at radius 2 is 1.84 bits per heavy atom. The molecule has 0 saturated carbocycles. The van der Waals surface area contributed by atoms with Crippen molar-refractivity contribution in [1.82, 2.24) is 9.29 Å². The summed E-state index contributed by atoms with van der Waals surface area (Å²) in [6.45, 7) is 1.03. The van der Waals surface area contributed by atoms with Crippen LogP contribution in [0.5, 0.6) is 0 Å². The molecule has 1 N–H and O–H groups in total. The standard InChI is InChI=1S/C18H20N2O4S/c21-18-19-16-7-6-15(12-17(16)24-18)25(22,23)20-10-8-14(9-11-20)13-4-2-1-3-5-13/h2-7,12-14H,1,8-11H2,(H,19,21). The van der Waals surface area contributed by atoms with E-state index in [1.807, 2.05) is 0 Å². The molecule has 1 aliphatic heterocycles. The number of fused-ring (bicyclic) bond motifs is 1. The van der Waals surface area contributed by atoms with Crippen LogP contribution in [0.25, 0.3) is 11.1 Å². The topological polar surface area (TPSA) is 83.4 Å². The van der Waals surface area contributed by atoms with Gasteiger partial charge >= 0.3 is 5.76 Å². The number of benzene rings is 1. The zero-order chi connectivity index (χ0) is 17.4. The second kappa shape index (κ2) is 6.31. The Bertz CT molecular complexity index is 979. The summed E-state index contributed by atoms with van der Waals surface area (Å²) in [7, 11) is -3.58. The number of allylic oxidation sites excluding steroid dienone is 4. The van der Waals surface area contributed by atoms with Gasteiger partial charge < -0.3 is 4.42 Å². The van der Waals surface area contributed by atoms with Crippen LogP contribution in [-0.4, -0.2) is 30.8 Å².